The van der Waals surface area contributed by atoms with Crippen molar-refractivity contribution in [2.24, 2.45) is 0 Å². The SMILES string of the molecule is O=C1C(Cc2ccc(O)cc2)=C(Cc2ccc(O)cc2)C(=O)C1(c1ccc(O)cc1)C1(c2ccc(O)cc2)C(=O)C(Cc2ccc(O)cc2)=C(Cc2ccc(O)cc2)C1=O. The summed E-state index contributed by atoms with van der Waals surface area (Å²) in [6.45, 7) is 0. The zero-order valence-corrected chi connectivity index (χ0v) is 32.0. The zero-order valence-electron chi connectivity index (χ0n) is 32.0. The van der Waals surface area contributed by atoms with E-state index in [-0.39, 0.29) is 93.6 Å². The van der Waals surface area contributed by atoms with Gasteiger partial charge in [-0.25, -0.2) is 0 Å². The van der Waals surface area contributed by atoms with E-state index in [2.05, 4.69) is 0 Å². The van der Waals surface area contributed by atoms with Crippen molar-refractivity contribution in [3.05, 3.63) is 201 Å². The topological polar surface area (TPSA) is 190 Å². The van der Waals surface area contributed by atoms with Gasteiger partial charge in [0.1, 0.15) is 45.3 Å². The minimum Gasteiger partial charge on any atom is -0.508 e. The highest BCUT2D eigenvalue weighted by molar-refractivity contribution is 6.44. The number of rotatable bonds is 11. The van der Waals surface area contributed by atoms with E-state index >= 15 is 19.2 Å². The molecule has 60 heavy (non-hydrogen) atoms. The predicted molar refractivity (Wildman–Crippen MR) is 221 cm³/mol. The molecule has 2 aliphatic rings. The van der Waals surface area contributed by atoms with Gasteiger partial charge in [-0.15, -0.1) is 0 Å². The normalized spacial score (nSPS) is 15.9. The number of hydrogen-bond donors (Lipinski definition) is 6. The third kappa shape index (κ3) is 6.48. The third-order valence-corrected chi connectivity index (χ3v) is 11.6. The van der Waals surface area contributed by atoms with E-state index in [1.165, 1.54) is 97.1 Å². The van der Waals surface area contributed by atoms with Crippen LogP contribution in [-0.2, 0) is 55.7 Å². The molecule has 0 spiro atoms. The van der Waals surface area contributed by atoms with Gasteiger partial charge >= 0.3 is 0 Å². The van der Waals surface area contributed by atoms with Crippen LogP contribution < -0.4 is 0 Å². The molecule has 0 aromatic heterocycles. The van der Waals surface area contributed by atoms with Crippen LogP contribution in [0.25, 0.3) is 0 Å². The highest BCUT2D eigenvalue weighted by atomic mass is 16.3. The van der Waals surface area contributed by atoms with Crippen LogP contribution in [0.15, 0.2) is 168 Å². The maximum atomic E-state index is 16.1. The molecule has 298 valence electrons. The van der Waals surface area contributed by atoms with Gasteiger partial charge in [-0.3, -0.25) is 19.2 Å². The summed E-state index contributed by atoms with van der Waals surface area (Å²) in [5, 5.41) is 61.6. The summed E-state index contributed by atoms with van der Waals surface area (Å²) in [5.74, 6) is -3.75. The Hall–Kier alpha value is -7.72. The second-order valence-corrected chi connectivity index (χ2v) is 15.2. The lowest BCUT2D eigenvalue weighted by molar-refractivity contribution is -0.144. The molecule has 0 saturated heterocycles. The van der Waals surface area contributed by atoms with Gasteiger partial charge in [-0.1, -0.05) is 72.8 Å². The molecule has 0 bridgehead atoms. The molecule has 0 saturated carbocycles. The van der Waals surface area contributed by atoms with E-state index in [4.69, 9.17) is 0 Å². The lowest BCUT2D eigenvalue weighted by Gasteiger charge is -2.43. The molecule has 8 rings (SSSR count). The van der Waals surface area contributed by atoms with E-state index in [1.54, 1.807) is 48.5 Å². The van der Waals surface area contributed by atoms with Crippen LogP contribution in [0.1, 0.15) is 33.4 Å². The molecule has 6 N–H and O–H groups in total. The number of allylic oxidation sites excluding steroid dienone is 4. The van der Waals surface area contributed by atoms with Crippen LogP contribution in [0.3, 0.4) is 0 Å². The quantitative estimate of drug-likeness (QED) is 0.0748. The molecule has 0 radical (unpaired) electrons. The standard InChI is InChI=1S/C50H38O10/c51-35-13-1-29(2-14-35)25-41-42(26-30-3-15-36(52)16-4-30)46(58)49(45(41)57,33-9-21-39(55)22-10-33)50(34-11-23-40(56)24-12-34)47(59)43(27-31-5-17-37(53)18-6-31)44(48(50)60)28-32-7-19-38(54)20-8-32/h1-24,51-56H,25-28H2. The summed E-state index contributed by atoms with van der Waals surface area (Å²) in [6, 6.07) is 35.0. The van der Waals surface area contributed by atoms with Gasteiger partial charge in [0.15, 0.2) is 23.1 Å². The number of ketones is 4. The van der Waals surface area contributed by atoms with Gasteiger partial charge in [0.2, 0.25) is 0 Å². The number of carbonyl (C=O) groups excluding carboxylic acids is 4. The first kappa shape index (κ1) is 39.1. The molecule has 0 fully saturated rings. The van der Waals surface area contributed by atoms with Crippen molar-refractivity contribution in [2.75, 3.05) is 0 Å². The average molecular weight is 799 g/mol. The maximum absolute atomic E-state index is 16.1. The lowest BCUT2D eigenvalue weighted by atomic mass is 9.51. The third-order valence-electron chi connectivity index (χ3n) is 11.6. The highest BCUT2D eigenvalue weighted by Gasteiger charge is 2.75. The number of phenols is 6. The Bertz CT molecular complexity index is 2390. The van der Waals surface area contributed by atoms with Gasteiger partial charge in [0.05, 0.1) is 0 Å². The summed E-state index contributed by atoms with van der Waals surface area (Å²) >= 11 is 0. The largest absolute Gasteiger partial charge is 0.508 e. The van der Waals surface area contributed by atoms with Crippen molar-refractivity contribution in [3.63, 3.8) is 0 Å². The van der Waals surface area contributed by atoms with Crippen LogP contribution in [-0.4, -0.2) is 53.8 Å². The number of hydrogen-bond acceptors (Lipinski definition) is 10. The Morgan fingerprint density at radius 2 is 0.433 bits per heavy atom. The molecular weight excluding hydrogens is 761 g/mol. The van der Waals surface area contributed by atoms with E-state index < -0.39 is 34.0 Å². The second-order valence-electron chi connectivity index (χ2n) is 15.2. The first-order valence-electron chi connectivity index (χ1n) is 19.2. The molecular formula is C50H38O10. The Balaban J connectivity index is 1.44. The Labute approximate surface area is 344 Å². The van der Waals surface area contributed by atoms with Gasteiger partial charge in [0.25, 0.3) is 0 Å². The van der Waals surface area contributed by atoms with Gasteiger partial charge < -0.3 is 30.6 Å². The van der Waals surface area contributed by atoms with Crippen molar-refractivity contribution in [1.29, 1.82) is 0 Å². The Kier molecular flexibility index (Phi) is 9.93. The number of Topliss-reactive ketones (excluding diaryl/α,β-unsaturated/α-hetero) is 4. The summed E-state index contributed by atoms with van der Waals surface area (Å²) in [4.78, 5) is 64.5. The predicted octanol–water partition coefficient (Wildman–Crippen LogP) is 6.96. The highest BCUT2D eigenvalue weighted by Crippen LogP contribution is 2.59. The summed E-state index contributed by atoms with van der Waals surface area (Å²) in [5.41, 5.74) is -2.96. The maximum Gasteiger partial charge on any atom is 0.179 e. The van der Waals surface area contributed by atoms with Crippen LogP contribution in [0.5, 0.6) is 34.5 Å². The number of aromatic hydroxyl groups is 6. The second kappa shape index (κ2) is 15.2. The molecule has 10 heteroatoms. The summed E-state index contributed by atoms with van der Waals surface area (Å²) in [7, 11) is 0. The molecule has 6 aromatic carbocycles. The zero-order chi connectivity index (χ0) is 42.3. The number of carbonyl (C=O) groups is 4. The molecule has 2 aliphatic carbocycles. The minimum absolute atomic E-state index is 0.0221. The summed E-state index contributed by atoms with van der Waals surface area (Å²) in [6.07, 6.45) is -0.499. The van der Waals surface area contributed by atoms with Gasteiger partial charge in [0, 0.05) is 48.0 Å². The number of benzene rings is 6. The first-order valence-corrected chi connectivity index (χ1v) is 19.2. The van der Waals surface area contributed by atoms with Crippen LogP contribution >= 0.6 is 0 Å². The van der Waals surface area contributed by atoms with Crippen molar-refractivity contribution in [2.45, 2.75) is 36.5 Å². The monoisotopic (exact) mass is 798 g/mol. The van der Waals surface area contributed by atoms with Crippen molar-refractivity contribution < 1.29 is 49.8 Å². The van der Waals surface area contributed by atoms with E-state index in [9.17, 15) is 30.6 Å². The molecule has 0 aliphatic heterocycles. The fourth-order valence-corrected chi connectivity index (χ4v) is 8.74. The van der Waals surface area contributed by atoms with Crippen LogP contribution in [0.4, 0.5) is 0 Å². The number of phenolic OH excluding ortho intramolecular Hbond substituents is 6. The average Bonchev–Trinajstić information content (AvgIpc) is 3.57. The first-order chi connectivity index (χ1) is 28.8. The molecule has 0 amide bonds. The van der Waals surface area contributed by atoms with E-state index in [0.29, 0.717) is 22.3 Å². The van der Waals surface area contributed by atoms with Gasteiger partial charge in [-0.2, -0.15) is 0 Å². The molecule has 0 heterocycles. The lowest BCUT2D eigenvalue weighted by Crippen LogP contribution is -2.64. The minimum atomic E-state index is -2.61. The molecule has 10 nitrogen and oxygen atoms in total. The van der Waals surface area contributed by atoms with E-state index in [1.807, 2.05) is 0 Å². The van der Waals surface area contributed by atoms with E-state index in [0.717, 1.165) is 0 Å². The fraction of sp³-hybridized carbons (Fsp3) is 0.120. The van der Waals surface area contributed by atoms with Crippen molar-refractivity contribution >= 4 is 23.1 Å². The molecule has 0 unspecified atom stereocenters. The smallest absolute Gasteiger partial charge is 0.179 e. The Morgan fingerprint density at radius 1 is 0.267 bits per heavy atom. The summed E-state index contributed by atoms with van der Waals surface area (Å²) < 4.78 is 0. The van der Waals surface area contributed by atoms with Crippen LogP contribution in [0, 0.1) is 0 Å². The fourth-order valence-electron chi connectivity index (χ4n) is 8.74. The van der Waals surface area contributed by atoms with Crippen molar-refractivity contribution in [3.8, 4) is 34.5 Å². The van der Waals surface area contributed by atoms with Crippen molar-refractivity contribution in [1.82, 2.24) is 0 Å². The molecule has 6 aromatic rings. The Morgan fingerprint density at radius 3 is 0.617 bits per heavy atom. The van der Waals surface area contributed by atoms with Gasteiger partial charge in [-0.05, 0) is 106 Å². The molecule has 0 atom stereocenters. The van der Waals surface area contributed by atoms with Crippen LogP contribution in [0.2, 0.25) is 0 Å².